The Morgan fingerprint density at radius 1 is 1.56 bits per heavy atom. The van der Waals surface area contributed by atoms with Gasteiger partial charge in [-0.2, -0.15) is 0 Å². The predicted molar refractivity (Wildman–Crippen MR) is 59.7 cm³/mol. The Kier molecular flexibility index (Phi) is 3.05. The number of nitro groups is 1. The molecule has 1 aromatic carbocycles. The van der Waals surface area contributed by atoms with Crippen LogP contribution < -0.4 is 10.1 Å². The maximum absolute atomic E-state index is 10.6. The van der Waals surface area contributed by atoms with Gasteiger partial charge in [0.2, 0.25) is 0 Å². The number of benzene rings is 1. The van der Waals surface area contributed by atoms with Crippen LogP contribution in [0.4, 0.5) is 5.69 Å². The Labute approximate surface area is 93.6 Å². The minimum atomic E-state index is -0.404. The molecular weight excluding hydrogens is 208 g/mol. The van der Waals surface area contributed by atoms with Crippen LogP contribution in [0.1, 0.15) is 12.0 Å². The van der Waals surface area contributed by atoms with E-state index in [1.807, 2.05) is 6.92 Å². The van der Waals surface area contributed by atoms with E-state index in [0.29, 0.717) is 5.75 Å². The first-order valence-corrected chi connectivity index (χ1v) is 5.29. The molecule has 86 valence electrons. The second-order valence-electron chi connectivity index (χ2n) is 3.94. The maximum Gasteiger partial charge on any atom is 0.273 e. The molecule has 1 aliphatic heterocycles. The topological polar surface area (TPSA) is 64.4 Å². The molecule has 16 heavy (non-hydrogen) atoms. The zero-order valence-corrected chi connectivity index (χ0v) is 9.10. The van der Waals surface area contributed by atoms with Crippen LogP contribution in [0.3, 0.4) is 0 Å². The molecule has 5 nitrogen and oxygen atoms in total. The first-order chi connectivity index (χ1) is 7.66. The monoisotopic (exact) mass is 222 g/mol. The molecule has 0 aliphatic carbocycles. The second-order valence-corrected chi connectivity index (χ2v) is 3.94. The number of aryl methyl sites for hydroxylation is 1. The molecule has 0 bridgehead atoms. The number of non-ortho nitro benzene ring substituents is 1. The third-order valence-electron chi connectivity index (χ3n) is 2.69. The van der Waals surface area contributed by atoms with Crippen molar-refractivity contribution in [3.8, 4) is 5.75 Å². The molecule has 0 spiro atoms. The minimum absolute atomic E-state index is 0.0755. The van der Waals surface area contributed by atoms with Gasteiger partial charge < -0.3 is 10.1 Å². The molecule has 1 saturated heterocycles. The van der Waals surface area contributed by atoms with Crippen molar-refractivity contribution in [2.75, 3.05) is 13.1 Å². The van der Waals surface area contributed by atoms with E-state index in [4.69, 9.17) is 4.74 Å². The van der Waals surface area contributed by atoms with E-state index in [0.717, 1.165) is 25.1 Å². The first kappa shape index (κ1) is 10.9. The normalized spacial score (nSPS) is 19.7. The average Bonchev–Trinajstić information content (AvgIpc) is 2.73. The predicted octanol–water partition coefficient (Wildman–Crippen LogP) is 1.64. The van der Waals surface area contributed by atoms with Crippen molar-refractivity contribution in [3.63, 3.8) is 0 Å². The van der Waals surface area contributed by atoms with E-state index in [1.54, 1.807) is 6.07 Å². The summed E-state index contributed by atoms with van der Waals surface area (Å²) in [5, 5.41) is 13.8. The van der Waals surface area contributed by atoms with Gasteiger partial charge in [0.15, 0.2) is 0 Å². The van der Waals surface area contributed by atoms with Gasteiger partial charge in [-0.25, -0.2) is 0 Å². The Hall–Kier alpha value is -1.62. The van der Waals surface area contributed by atoms with Gasteiger partial charge in [-0.1, -0.05) is 0 Å². The van der Waals surface area contributed by atoms with Crippen molar-refractivity contribution in [2.24, 2.45) is 0 Å². The molecule has 0 amide bonds. The first-order valence-electron chi connectivity index (χ1n) is 5.29. The SMILES string of the molecule is Cc1ccc([N+](=O)[O-])cc1OC1CCNC1. The molecule has 5 heteroatoms. The Morgan fingerprint density at radius 3 is 3.00 bits per heavy atom. The molecule has 0 radical (unpaired) electrons. The average molecular weight is 222 g/mol. The molecule has 0 aromatic heterocycles. The molecule has 0 saturated carbocycles. The largest absolute Gasteiger partial charge is 0.489 e. The van der Waals surface area contributed by atoms with E-state index in [9.17, 15) is 10.1 Å². The molecule has 1 aromatic rings. The van der Waals surface area contributed by atoms with Crippen LogP contribution in [0.2, 0.25) is 0 Å². The lowest BCUT2D eigenvalue weighted by Gasteiger charge is -2.14. The summed E-state index contributed by atoms with van der Waals surface area (Å²) in [5.41, 5.74) is 1.00. The van der Waals surface area contributed by atoms with Crippen molar-refractivity contribution < 1.29 is 9.66 Å². The fraction of sp³-hybridized carbons (Fsp3) is 0.455. The van der Waals surface area contributed by atoms with Gasteiger partial charge in [0.1, 0.15) is 11.9 Å². The smallest absolute Gasteiger partial charge is 0.273 e. The lowest BCUT2D eigenvalue weighted by Crippen LogP contribution is -2.20. The lowest BCUT2D eigenvalue weighted by molar-refractivity contribution is -0.385. The van der Waals surface area contributed by atoms with Gasteiger partial charge in [0.25, 0.3) is 5.69 Å². The number of rotatable bonds is 3. The number of hydrogen-bond donors (Lipinski definition) is 1. The van der Waals surface area contributed by atoms with Crippen LogP contribution in [0.25, 0.3) is 0 Å². The number of nitrogens with one attached hydrogen (secondary N) is 1. The summed E-state index contributed by atoms with van der Waals surface area (Å²) in [6.07, 6.45) is 1.07. The van der Waals surface area contributed by atoms with Gasteiger partial charge in [-0.15, -0.1) is 0 Å². The van der Waals surface area contributed by atoms with Crippen LogP contribution in [0.5, 0.6) is 5.75 Å². The van der Waals surface area contributed by atoms with Crippen molar-refractivity contribution in [3.05, 3.63) is 33.9 Å². The summed E-state index contributed by atoms with van der Waals surface area (Å²) in [6.45, 7) is 3.64. The molecule has 1 N–H and O–H groups in total. The maximum atomic E-state index is 10.6. The fourth-order valence-electron chi connectivity index (χ4n) is 1.74. The van der Waals surface area contributed by atoms with E-state index in [1.165, 1.54) is 12.1 Å². The highest BCUT2D eigenvalue weighted by Gasteiger charge is 2.18. The van der Waals surface area contributed by atoms with E-state index < -0.39 is 4.92 Å². The highest BCUT2D eigenvalue weighted by Crippen LogP contribution is 2.25. The zero-order chi connectivity index (χ0) is 11.5. The molecule has 2 rings (SSSR count). The van der Waals surface area contributed by atoms with Gasteiger partial charge in [-0.05, 0) is 31.5 Å². The summed E-state index contributed by atoms with van der Waals surface area (Å²) >= 11 is 0. The van der Waals surface area contributed by atoms with E-state index in [-0.39, 0.29) is 11.8 Å². The van der Waals surface area contributed by atoms with Gasteiger partial charge >= 0.3 is 0 Å². The molecular formula is C11H14N2O3. The number of nitro benzene ring substituents is 1. The highest BCUT2D eigenvalue weighted by molar-refractivity contribution is 5.43. The Bertz CT molecular complexity index is 400. The summed E-state index contributed by atoms with van der Waals surface area (Å²) in [4.78, 5) is 10.2. The van der Waals surface area contributed by atoms with E-state index in [2.05, 4.69) is 5.32 Å². The fourth-order valence-corrected chi connectivity index (χ4v) is 1.74. The third-order valence-corrected chi connectivity index (χ3v) is 2.69. The van der Waals surface area contributed by atoms with Crippen LogP contribution in [0.15, 0.2) is 18.2 Å². The van der Waals surface area contributed by atoms with Crippen LogP contribution >= 0.6 is 0 Å². The van der Waals surface area contributed by atoms with Crippen molar-refractivity contribution in [2.45, 2.75) is 19.4 Å². The Morgan fingerprint density at radius 2 is 2.38 bits per heavy atom. The molecule has 1 unspecified atom stereocenters. The lowest BCUT2D eigenvalue weighted by atomic mass is 10.2. The number of ether oxygens (including phenoxy) is 1. The summed E-state index contributed by atoms with van der Waals surface area (Å²) in [5.74, 6) is 0.614. The van der Waals surface area contributed by atoms with Gasteiger partial charge in [0, 0.05) is 12.6 Å². The highest BCUT2D eigenvalue weighted by atomic mass is 16.6. The van der Waals surface area contributed by atoms with Crippen LogP contribution in [-0.2, 0) is 0 Å². The van der Waals surface area contributed by atoms with Gasteiger partial charge in [0.05, 0.1) is 11.0 Å². The molecule has 1 heterocycles. The standard InChI is InChI=1S/C11H14N2O3/c1-8-2-3-9(13(14)15)6-11(8)16-10-4-5-12-7-10/h2-3,6,10,12H,4-5,7H2,1H3. The quantitative estimate of drug-likeness (QED) is 0.623. The van der Waals surface area contributed by atoms with Gasteiger partial charge in [-0.3, -0.25) is 10.1 Å². The zero-order valence-electron chi connectivity index (χ0n) is 9.10. The molecule has 1 atom stereocenters. The molecule has 1 fully saturated rings. The summed E-state index contributed by atoms with van der Waals surface area (Å²) in [7, 11) is 0. The number of hydrogen-bond acceptors (Lipinski definition) is 4. The molecule has 1 aliphatic rings. The summed E-state index contributed by atoms with van der Waals surface area (Å²) < 4.78 is 5.73. The van der Waals surface area contributed by atoms with Crippen LogP contribution in [-0.4, -0.2) is 24.1 Å². The van der Waals surface area contributed by atoms with Crippen molar-refractivity contribution in [1.82, 2.24) is 5.32 Å². The second kappa shape index (κ2) is 4.49. The third kappa shape index (κ3) is 2.30. The number of nitrogens with zero attached hydrogens (tertiary/aromatic N) is 1. The van der Waals surface area contributed by atoms with Crippen molar-refractivity contribution in [1.29, 1.82) is 0 Å². The van der Waals surface area contributed by atoms with E-state index >= 15 is 0 Å². The minimum Gasteiger partial charge on any atom is -0.489 e. The van der Waals surface area contributed by atoms with Crippen LogP contribution in [0, 0.1) is 17.0 Å². The Balaban J connectivity index is 2.17. The van der Waals surface area contributed by atoms with Crippen molar-refractivity contribution >= 4 is 5.69 Å². The summed E-state index contributed by atoms with van der Waals surface area (Å²) in [6, 6.07) is 4.71.